The molecule has 2 aromatic heterocycles. The van der Waals surface area contributed by atoms with Crippen LogP contribution in [-0.2, 0) is 4.74 Å². The number of aromatic amines is 1. The molecule has 0 radical (unpaired) electrons. The number of H-pyrrole nitrogens is 1. The van der Waals surface area contributed by atoms with Crippen LogP contribution < -0.4 is 5.32 Å². The average Bonchev–Trinajstić information content (AvgIpc) is 3.51. The number of tetrazole rings is 1. The van der Waals surface area contributed by atoms with Crippen LogP contribution in [0, 0.1) is 5.92 Å². The number of carbonyl (C=O) groups is 1. The third kappa shape index (κ3) is 5.12. The second kappa shape index (κ2) is 11.0. The van der Waals surface area contributed by atoms with Gasteiger partial charge in [0, 0.05) is 26.5 Å². The van der Waals surface area contributed by atoms with E-state index in [1.807, 2.05) is 30.3 Å². The molecular weight excluding hydrogens is 499 g/mol. The molecule has 0 spiro atoms. The monoisotopic (exact) mass is 526 g/mol. The molecule has 5 rings (SSSR count). The summed E-state index contributed by atoms with van der Waals surface area (Å²) in [6.07, 6.45) is 6.11. The Morgan fingerprint density at radius 2 is 1.89 bits per heavy atom. The van der Waals surface area contributed by atoms with Crippen LogP contribution in [0.15, 0.2) is 42.5 Å². The summed E-state index contributed by atoms with van der Waals surface area (Å²) in [6, 6.07) is 12.4. The van der Waals surface area contributed by atoms with Gasteiger partial charge in [0.15, 0.2) is 5.82 Å². The van der Waals surface area contributed by atoms with Crippen LogP contribution in [0.1, 0.15) is 66.9 Å². The van der Waals surface area contributed by atoms with Crippen molar-refractivity contribution in [3.8, 4) is 5.69 Å². The van der Waals surface area contributed by atoms with Gasteiger partial charge in [0.2, 0.25) is 0 Å². The number of rotatable bonds is 8. The van der Waals surface area contributed by atoms with Crippen molar-refractivity contribution < 1.29 is 9.53 Å². The van der Waals surface area contributed by atoms with Gasteiger partial charge in [-0.25, -0.2) is 4.79 Å². The number of benzene rings is 2. The first-order chi connectivity index (χ1) is 17.5. The highest BCUT2D eigenvalue weighted by molar-refractivity contribution is 6.31. The normalized spacial score (nSPS) is 15.3. The van der Waals surface area contributed by atoms with Crippen molar-refractivity contribution >= 4 is 40.1 Å². The van der Waals surface area contributed by atoms with E-state index in [0.717, 1.165) is 28.7 Å². The molecule has 1 aliphatic rings. The molecule has 0 amide bonds. The van der Waals surface area contributed by atoms with Crippen molar-refractivity contribution in [1.29, 1.82) is 0 Å². The molecule has 10 heteroatoms. The van der Waals surface area contributed by atoms with Crippen LogP contribution in [0.5, 0.6) is 0 Å². The van der Waals surface area contributed by atoms with Crippen LogP contribution in [-0.4, -0.2) is 44.3 Å². The number of nitrogens with zero attached hydrogens (tertiary/aromatic N) is 4. The van der Waals surface area contributed by atoms with Crippen molar-refractivity contribution in [2.45, 2.75) is 45.1 Å². The Bertz CT molecular complexity index is 1340. The standard InChI is InChI=1S/C26H28Cl2N6O2/c1-2-36-26(35)24-22(20-13-10-18(28)14-21(20)30-24)23(29-15-16-6-4-3-5-7-16)25-31-32-33-34(25)19-11-8-17(27)9-12-19/h8-14,16,23,29-30H,2-7,15H2,1H3. The van der Waals surface area contributed by atoms with Gasteiger partial charge < -0.3 is 15.0 Å². The highest BCUT2D eigenvalue weighted by Gasteiger charge is 2.31. The molecule has 2 aromatic carbocycles. The Labute approximate surface area is 219 Å². The minimum Gasteiger partial charge on any atom is -0.461 e. The van der Waals surface area contributed by atoms with Crippen LogP contribution >= 0.6 is 23.2 Å². The van der Waals surface area contributed by atoms with Gasteiger partial charge in [-0.3, -0.25) is 0 Å². The number of halogens is 2. The lowest BCUT2D eigenvalue weighted by atomic mass is 9.89. The summed E-state index contributed by atoms with van der Waals surface area (Å²) in [6.45, 7) is 2.83. The van der Waals surface area contributed by atoms with Gasteiger partial charge in [0.25, 0.3) is 0 Å². The van der Waals surface area contributed by atoms with Crippen molar-refractivity contribution in [2.24, 2.45) is 5.92 Å². The summed E-state index contributed by atoms with van der Waals surface area (Å²) in [5, 5.41) is 18.4. The van der Waals surface area contributed by atoms with Crippen LogP contribution in [0.2, 0.25) is 10.0 Å². The van der Waals surface area contributed by atoms with Crippen molar-refractivity contribution in [3.63, 3.8) is 0 Å². The minimum absolute atomic E-state index is 0.261. The molecule has 1 atom stereocenters. The molecule has 36 heavy (non-hydrogen) atoms. The Morgan fingerprint density at radius 3 is 2.64 bits per heavy atom. The molecule has 0 saturated heterocycles. The zero-order valence-corrected chi connectivity index (χ0v) is 21.5. The second-order valence-electron chi connectivity index (χ2n) is 9.09. The summed E-state index contributed by atoms with van der Waals surface area (Å²) >= 11 is 12.4. The molecular formula is C26H28Cl2N6O2. The number of esters is 1. The largest absolute Gasteiger partial charge is 0.461 e. The van der Waals surface area contributed by atoms with Gasteiger partial charge in [-0.05, 0) is 79.1 Å². The zero-order chi connectivity index (χ0) is 25.1. The van der Waals surface area contributed by atoms with Gasteiger partial charge in [-0.15, -0.1) is 5.10 Å². The number of fused-ring (bicyclic) bond motifs is 1. The zero-order valence-electron chi connectivity index (χ0n) is 20.0. The summed E-state index contributed by atoms with van der Waals surface area (Å²) in [5.41, 5.74) is 2.61. The summed E-state index contributed by atoms with van der Waals surface area (Å²) in [7, 11) is 0. The molecule has 1 aliphatic carbocycles. The maximum atomic E-state index is 13.1. The topological polar surface area (TPSA) is 97.7 Å². The highest BCUT2D eigenvalue weighted by atomic mass is 35.5. The molecule has 8 nitrogen and oxygen atoms in total. The van der Waals surface area contributed by atoms with Gasteiger partial charge in [-0.1, -0.05) is 48.5 Å². The number of aromatic nitrogens is 5. The number of carbonyl (C=O) groups excluding carboxylic acids is 1. The summed E-state index contributed by atoms with van der Waals surface area (Å²) < 4.78 is 7.09. The molecule has 2 heterocycles. The lowest BCUT2D eigenvalue weighted by molar-refractivity contribution is 0.0518. The molecule has 4 aromatic rings. The van der Waals surface area contributed by atoms with Crippen molar-refractivity contribution in [2.75, 3.05) is 13.2 Å². The maximum Gasteiger partial charge on any atom is 0.355 e. The number of hydrogen-bond acceptors (Lipinski definition) is 6. The lowest BCUT2D eigenvalue weighted by Gasteiger charge is -2.25. The van der Waals surface area contributed by atoms with E-state index in [4.69, 9.17) is 27.9 Å². The molecule has 0 aliphatic heterocycles. The van der Waals surface area contributed by atoms with Crippen molar-refractivity contribution in [3.05, 3.63) is 69.6 Å². The van der Waals surface area contributed by atoms with E-state index in [1.165, 1.54) is 32.1 Å². The fourth-order valence-electron chi connectivity index (χ4n) is 4.99. The molecule has 188 valence electrons. The summed E-state index contributed by atoms with van der Waals surface area (Å²) in [4.78, 5) is 16.3. The number of nitrogens with one attached hydrogen (secondary N) is 2. The first-order valence-corrected chi connectivity index (χ1v) is 13.1. The van der Waals surface area contributed by atoms with E-state index in [1.54, 1.807) is 23.7 Å². The quantitative estimate of drug-likeness (QED) is 0.278. The van der Waals surface area contributed by atoms with E-state index in [0.29, 0.717) is 27.5 Å². The van der Waals surface area contributed by atoms with E-state index >= 15 is 0 Å². The van der Waals surface area contributed by atoms with Crippen LogP contribution in [0.3, 0.4) is 0 Å². The van der Waals surface area contributed by atoms with E-state index in [-0.39, 0.29) is 6.61 Å². The van der Waals surface area contributed by atoms with Gasteiger partial charge in [-0.2, -0.15) is 4.68 Å². The Morgan fingerprint density at radius 1 is 1.14 bits per heavy atom. The highest BCUT2D eigenvalue weighted by Crippen LogP contribution is 2.35. The van der Waals surface area contributed by atoms with E-state index < -0.39 is 12.0 Å². The second-order valence-corrected chi connectivity index (χ2v) is 9.97. The van der Waals surface area contributed by atoms with Crippen LogP contribution in [0.25, 0.3) is 16.6 Å². The average molecular weight is 527 g/mol. The Hall–Kier alpha value is -2.94. The van der Waals surface area contributed by atoms with E-state index in [2.05, 4.69) is 25.8 Å². The number of hydrogen-bond donors (Lipinski definition) is 2. The third-order valence-corrected chi connectivity index (χ3v) is 7.21. The maximum absolute atomic E-state index is 13.1. The predicted molar refractivity (Wildman–Crippen MR) is 140 cm³/mol. The Kier molecular flexibility index (Phi) is 7.55. The minimum atomic E-state index is -0.480. The fraction of sp³-hybridized carbons (Fsp3) is 0.385. The number of ether oxygens (including phenoxy) is 1. The summed E-state index contributed by atoms with van der Waals surface area (Å²) in [5.74, 6) is 0.677. The first-order valence-electron chi connectivity index (χ1n) is 12.3. The van der Waals surface area contributed by atoms with E-state index in [9.17, 15) is 4.79 Å². The lowest BCUT2D eigenvalue weighted by Crippen LogP contribution is -2.32. The molecule has 0 bridgehead atoms. The van der Waals surface area contributed by atoms with Crippen molar-refractivity contribution in [1.82, 2.24) is 30.5 Å². The fourth-order valence-corrected chi connectivity index (χ4v) is 5.29. The molecule has 1 fully saturated rings. The smallest absolute Gasteiger partial charge is 0.355 e. The predicted octanol–water partition coefficient (Wildman–Crippen LogP) is 5.89. The van der Waals surface area contributed by atoms with Crippen LogP contribution in [0.4, 0.5) is 0 Å². The third-order valence-electron chi connectivity index (χ3n) is 6.73. The molecule has 2 N–H and O–H groups in total. The molecule has 1 unspecified atom stereocenters. The van der Waals surface area contributed by atoms with Gasteiger partial charge in [0.1, 0.15) is 5.69 Å². The van der Waals surface area contributed by atoms with Gasteiger partial charge >= 0.3 is 5.97 Å². The molecule has 1 saturated carbocycles. The Balaban J connectivity index is 1.64. The SMILES string of the molecule is CCOC(=O)c1[nH]c2cc(Cl)ccc2c1C(NCC1CCCCC1)c1nnnn1-c1ccc(Cl)cc1. The van der Waals surface area contributed by atoms with Gasteiger partial charge in [0.05, 0.1) is 18.3 Å². The first kappa shape index (κ1) is 24.7.